The maximum Gasteiger partial charge on any atom is 0.329 e. The Bertz CT molecular complexity index is 762. The van der Waals surface area contributed by atoms with Crippen molar-refractivity contribution in [1.82, 2.24) is 25.5 Å². The number of carbonyl (C=O) groups is 2. The molecule has 0 fully saturated rings. The van der Waals surface area contributed by atoms with Gasteiger partial charge in [-0.25, -0.2) is 9.48 Å². The maximum absolute atomic E-state index is 12.5. The van der Waals surface area contributed by atoms with Gasteiger partial charge in [0.05, 0.1) is 10.6 Å². The number of ether oxygens (including phenoxy) is 1. The Morgan fingerprint density at radius 1 is 1.31 bits per heavy atom. The lowest BCUT2D eigenvalue weighted by Crippen LogP contribution is -2.45. The van der Waals surface area contributed by atoms with E-state index in [1.54, 1.807) is 28.9 Å². The molecule has 9 heteroatoms. The molecule has 0 aliphatic carbocycles. The molecule has 1 N–H and O–H groups in total. The van der Waals surface area contributed by atoms with Crippen LogP contribution in [0.4, 0.5) is 0 Å². The normalized spacial score (nSPS) is 12.0. The lowest BCUT2D eigenvalue weighted by molar-refractivity contribution is -0.148. The number of esters is 1. The Morgan fingerprint density at radius 3 is 2.69 bits per heavy atom. The van der Waals surface area contributed by atoms with Crippen molar-refractivity contribution in [2.24, 2.45) is 5.92 Å². The van der Waals surface area contributed by atoms with Crippen LogP contribution in [-0.2, 0) is 22.7 Å². The van der Waals surface area contributed by atoms with Crippen LogP contribution in [0.5, 0.6) is 0 Å². The van der Waals surface area contributed by atoms with Crippen LogP contribution in [0.25, 0.3) is 0 Å². The van der Waals surface area contributed by atoms with Gasteiger partial charge in [-0.3, -0.25) is 4.79 Å². The van der Waals surface area contributed by atoms with Gasteiger partial charge in [0.15, 0.2) is 12.4 Å². The average molecular weight is 380 g/mol. The molecule has 1 aromatic carbocycles. The molecule has 0 unspecified atom stereocenters. The zero-order chi connectivity index (χ0) is 19.1. The topological polar surface area (TPSA) is 99.0 Å². The van der Waals surface area contributed by atoms with Crippen LogP contribution in [0, 0.1) is 5.92 Å². The Balaban J connectivity index is 2.02. The number of tetrazole rings is 1. The highest BCUT2D eigenvalue weighted by molar-refractivity contribution is 6.33. The summed E-state index contributed by atoms with van der Waals surface area (Å²) in [5.41, 5.74) is 0.305. The molecule has 8 nitrogen and oxygen atoms in total. The summed E-state index contributed by atoms with van der Waals surface area (Å²) in [5.74, 6) is -0.686. The van der Waals surface area contributed by atoms with Crippen LogP contribution in [0.3, 0.4) is 0 Å². The van der Waals surface area contributed by atoms with Gasteiger partial charge in [0.25, 0.3) is 5.91 Å². The van der Waals surface area contributed by atoms with Gasteiger partial charge in [-0.2, -0.15) is 0 Å². The minimum Gasteiger partial charge on any atom is -0.456 e. The average Bonchev–Trinajstić information content (AvgIpc) is 3.05. The van der Waals surface area contributed by atoms with Crippen LogP contribution < -0.4 is 5.32 Å². The zero-order valence-corrected chi connectivity index (χ0v) is 15.7. The number of nitrogens with zero attached hydrogens (tertiary/aromatic N) is 4. The summed E-state index contributed by atoms with van der Waals surface area (Å²) in [5, 5.41) is 14.3. The van der Waals surface area contributed by atoms with Gasteiger partial charge in [-0.05, 0) is 34.9 Å². The van der Waals surface area contributed by atoms with Crippen molar-refractivity contribution in [3.8, 4) is 0 Å². The molecule has 0 aliphatic heterocycles. The van der Waals surface area contributed by atoms with Crippen molar-refractivity contribution in [2.75, 3.05) is 0 Å². The van der Waals surface area contributed by atoms with E-state index < -0.39 is 17.9 Å². The molecule has 0 saturated heterocycles. The van der Waals surface area contributed by atoms with E-state index in [-0.39, 0.29) is 12.5 Å². The summed E-state index contributed by atoms with van der Waals surface area (Å²) in [7, 11) is 0. The summed E-state index contributed by atoms with van der Waals surface area (Å²) in [6.45, 7) is 6.21. The molecule has 1 aromatic heterocycles. The summed E-state index contributed by atoms with van der Waals surface area (Å²) >= 11 is 6.04. The fourth-order valence-corrected chi connectivity index (χ4v) is 2.52. The third-order valence-electron chi connectivity index (χ3n) is 3.71. The lowest BCUT2D eigenvalue weighted by atomic mass is 10.0. The summed E-state index contributed by atoms with van der Waals surface area (Å²) in [6.07, 6.45) is 0.856. The van der Waals surface area contributed by atoms with Crippen LogP contribution >= 0.6 is 11.6 Å². The minimum absolute atomic E-state index is 0.0585. The molecular weight excluding hydrogens is 358 g/mol. The van der Waals surface area contributed by atoms with E-state index in [1.165, 1.54) is 0 Å². The Kier molecular flexibility index (Phi) is 7.08. The van der Waals surface area contributed by atoms with Gasteiger partial charge in [-0.1, -0.05) is 44.5 Å². The van der Waals surface area contributed by atoms with Crippen LogP contribution in [0.2, 0.25) is 5.02 Å². The van der Waals surface area contributed by atoms with Crippen molar-refractivity contribution in [1.29, 1.82) is 0 Å². The number of aromatic nitrogens is 4. The Labute approximate surface area is 156 Å². The fraction of sp³-hybridized carbons (Fsp3) is 0.471. The van der Waals surface area contributed by atoms with Gasteiger partial charge < -0.3 is 10.1 Å². The van der Waals surface area contributed by atoms with Gasteiger partial charge >= 0.3 is 5.97 Å². The highest BCUT2D eigenvalue weighted by Crippen LogP contribution is 2.16. The predicted octanol–water partition coefficient (Wildman–Crippen LogP) is 2.23. The van der Waals surface area contributed by atoms with E-state index in [9.17, 15) is 9.59 Å². The number of halogens is 1. The molecular formula is C17H22ClN5O3. The summed E-state index contributed by atoms with van der Waals surface area (Å²) < 4.78 is 6.90. The van der Waals surface area contributed by atoms with Crippen molar-refractivity contribution in [3.63, 3.8) is 0 Å². The molecule has 140 valence electrons. The molecule has 0 radical (unpaired) electrons. The molecule has 26 heavy (non-hydrogen) atoms. The molecule has 1 atom stereocenters. The predicted molar refractivity (Wildman–Crippen MR) is 95.4 cm³/mol. The van der Waals surface area contributed by atoms with E-state index in [0.29, 0.717) is 23.0 Å². The van der Waals surface area contributed by atoms with E-state index in [4.69, 9.17) is 16.3 Å². The van der Waals surface area contributed by atoms with Gasteiger partial charge in [-0.15, -0.1) is 5.10 Å². The molecule has 1 heterocycles. The third-order valence-corrected chi connectivity index (χ3v) is 4.04. The van der Waals surface area contributed by atoms with Gasteiger partial charge in [0, 0.05) is 6.54 Å². The molecule has 1 amide bonds. The zero-order valence-electron chi connectivity index (χ0n) is 15.0. The van der Waals surface area contributed by atoms with Crippen molar-refractivity contribution in [3.05, 3.63) is 40.7 Å². The lowest BCUT2D eigenvalue weighted by Gasteiger charge is -2.21. The first-order valence-electron chi connectivity index (χ1n) is 8.41. The summed E-state index contributed by atoms with van der Waals surface area (Å²) in [6, 6.07) is 5.84. The number of nitrogens with one attached hydrogen (secondary N) is 1. The number of benzene rings is 1. The quantitative estimate of drug-likeness (QED) is 0.706. The molecule has 0 saturated carbocycles. The third kappa shape index (κ3) is 5.01. The number of rotatable bonds is 8. The van der Waals surface area contributed by atoms with Crippen LogP contribution in [0.1, 0.15) is 43.4 Å². The second kappa shape index (κ2) is 9.28. The number of hydrogen-bond acceptors (Lipinski definition) is 6. The van der Waals surface area contributed by atoms with E-state index in [1.807, 2.05) is 20.8 Å². The molecule has 0 bridgehead atoms. The number of carbonyl (C=O) groups excluding carboxylic acids is 2. The first-order valence-corrected chi connectivity index (χ1v) is 8.78. The Morgan fingerprint density at radius 2 is 2.04 bits per heavy atom. The standard InChI is InChI=1S/C17H22ClN5O3/c1-4-9-23-14(20-21-22-23)10-26-17(25)15(11(2)3)19-16(24)12-7-5-6-8-13(12)18/h5-8,11,15H,4,9-10H2,1-3H3,(H,19,24)/t15-/m0/s1. The van der Waals surface area contributed by atoms with E-state index in [2.05, 4.69) is 20.8 Å². The SMILES string of the molecule is CCCn1nnnc1COC(=O)[C@@H](NC(=O)c1ccccc1Cl)C(C)C. The monoisotopic (exact) mass is 379 g/mol. The minimum atomic E-state index is -0.811. The molecule has 2 aromatic rings. The van der Waals surface area contributed by atoms with Crippen LogP contribution in [0.15, 0.2) is 24.3 Å². The fourth-order valence-electron chi connectivity index (χ4n) is 2.30. The first kappa shape index (κ1) is 19.8. The second-order valence-electron chi connectivity index (χ2n) is 6.10. The van der Waals surface area contributed by atoms with E-state index in [0.717, 1.165) is 6.42 Å². The highest BCUT2D eigenvalue weighted by Gasteiger charge is 2.27. The number of amides is 1. The second-order valence-corrected chi connectivity index (χ2v) is 6.51. The molecule has 0 aliphatic rings. The van der Waals surface area contributed by atoms with Crippen molar-refractivity contribution < 1.29 is 14.3 Å². The van der Waals surface area contributed by atoms with Gasteiger partial charge in [0.1, 0.15) is 6.04 Å². The van der Waals surface area contributed by atoms with Crippen molar-refractivity contribution >= 4 is 23.5 Å². The van der Waals surface area contributed by atoms with Crippen molar-refractivity contribution in [2.45, 2.75) is 46.4 Å². The molecule has 0 spiro atoms. The number of hydrogen-bond donors (Lipinski definition) is 1. The highest BCUT2D eigenvalue weighted by atomic mass is 35.5. The largest absolute Gasteiger partial charge is 0.456 e. The van der Waals surface area contributed by atoms with Gasteiger partial charge in [0.2, 0.25) is 0 Å². The van der Waals surface area contributed by atoms with Crippen LogP contribution in [-0.4, -0.2) is 38.1 Å². The summed E-state index contributed by atoms with van der Waals surface area (Å²) in [4.78, 5) is 24.9. The Hall–Kier alpha value is -2.48. The smallest absolute Gasteiger partial charge is 0.329 e. The number of aryl methyl sites for hydroxylation is 1. The molecule has 2 rings (SSSR count). The maximum atomic E-state index is 12.5. The van der Waals surface area contributed by atoms with E-state index >= 15 is 0 Å². The first-order chi connectivity index (χ1) is 12.4.